The third-order valence-electron chi connectivity index (χ3n) is 4.09. The van der Waals surface area contributed by atoms with E-state index >= 15 is 0 Å². The van der Waals surface area contributed by atoms with E-state index in [-0.39, 0.29) is 17.1 Å². The number of hydrogen-bond donors (Lipinski definition) is 2. The summed E-state index contributed by atoms with van der Waals surface area (Å²) in [6, 6.07) is 6.58. The Kier molecular flexibility index (Phi) is 4.53. The largest absolute Gasteiger partial charge is 0.355 e. The lowest BCUT2D eigenvalue weighted by atomic mass is 9.69. The van der Waals surface area contributed by atoms with Crippen molar-refractivity contribution in [2.75, 3.05) is 13.1 Å². The number of aryl methyl sites for hydroxylation is 1. The highest BCUT2D eigenvalue weighted by Gasteiger charge is 2.35. The third kappa shape index (κ3) is 3.53. The smallest absolute Gasteiger partial charge is 0.220 e. The molecule has 0 aromatic heterocycles. The first-order chi connectivity index (χ1) is 9.15. The number of halogens is 1. The van der Waals surface area contributed by atoms with Crippen molar-refractivity contribution in [3.05, 3.63) is 35.6 Å². The number of nitrogens with two attached hydrogens (primary N) is 1. The second kappa shape index (κ2) is 6.15. The lowest BCUT2D eigenvalue weighted by molar-refractivity contribution is -0.121. The fraction of sp³-hybridized carbons (Fsp3) is 0.533. The van der Waals surface area contributed by atoms with Gasteiger partial charge in [-0.1, -0.05) is 24.6 Å². The highest BCUT2D eigenvalue weighted by atomic mass is 19.1. The lowest BCUT2D eigenvalue weighted by Gasteiger charge is -2.41. The lowest BCUT2D eigenvalue weighted by Crippen LogP contribution is -2.46. The minimum atomic E-state index is -0.243. The van der Waals surface area contributed by atoms with Gasteiger partial charge in [0.25, 0.3) is 0 Å². The molecule has 0 spiro atoms. The first-order valence-corrected chi connectivity index (χ1v) is 6.85. The van der Waals surface area contributed by atoms with Gasteiger partial charge in [-0.3, -0.25) is 4.79 Å². The van der Waals surface area contributed by atoms with Crippen molar-refractivity contribution in [1.82, 2.24) is 5.32 Å². The third-order valence-corrected chi connectivity index (χ3v) is 4.09. The molecule has 1 aliphatic carbocycles. The predicted octanol–water partition coefficient (Wildman–Crippen LogP) is 2.00. The summed E-state index contributed by atoms with van der Waals surface area (Å²) in [5.74, 6) is -0.268. The summed E-state index contributed by atoms with van der Waals surface area (Å²) in [5, 5.41) is 2.92. The molecule has 104 valence electrons. The average Bonchev–Trinajstić information content (AvgIpc) is 2.37. The summed E-state index contributed by atoms with van der Waals surface area (Å²) < 4.78 is 13.4. The van der Waals surface area contributed by atoms with Crippen molar-refractivity contribution in [1.29, 1.82) is 0 Å². The number of rotatable bonds is 6. The zero-order chi connectivity index (χ0) is 13.7. The molecule has 1 saturated carbocycles. The van der Waals surface area contributed by atoms with Crippen LogP contribution in [0.3, 0.4) is 0 Å². The van der Waals surface area contributed by atoms with Gasteiger partial charge in [0, 0.05) is 13.0 Å². The molecule has 1 aromatic carbocycles. The van der Waals surface area contributed by atoms with Gasteiger partial charge in [0.05, 0.1) is 0 Å². The molecule has 1 fully saturated rings. The molecular formula is C15H21FN2O. The summed E-state index contributed by atoms with van der Waals surface area (Å²) in [6.45, 7) is 1.28. The summed E-state index contributed by atoms with van der Waals surface area (Å²) in [4.78, 5) is 11.8. The maximum Gasteiger partial charge on any atom is 0.220 e. The molecule has 3 N–H and O–H groups in total. The van der Waals surface area contributed by atoms with E-state index in [0.29, 0.717) is 31.5 Å². The van der Waals surface area contributed by atoms with Crippen LogP contribution in [0.2, 0.25) is 0 Å². The summed E-state index contributed by atoms with van der Waals surface area (Å²) in [6.07, 6.45) is 4.15. The molecule has 0 atom stereocenters. The average molecular weight is 264 g/mol. The molecule has 0 heterocycles. The summed E-state index contributed by atoms with van der Waals surface area (Å²) in [7, 11) is 0. The van der Waals surface area contributed by atoms with Crippen molar-refractivity contribution >= 4 is 5.91 Å². The Balaban J connectivity index is 1.74. The zero-order valence-electron chi connectivity index (χ0n) is 11.1. The Bertz CT molecular complexity index is 438. The Labute approximate surface area is 113 Å². The van der Waals surface area contributed by atoms with Gasteiger partial charge in [0.15, 0.2) is 0 Å². The SMILES string of the molecule is NCC1(CNC(=O)CCc2ccccc2F)CCC1. The molecule has 0 bridgehead atoms. The number of nitrogens with one attached hydrogen (secondary N) is 1. The molecule has 2 rings (SSSR count). The van der Waals surface area contributed by atoms with E-state index < -0.39 is 0 Å². The van der Waals surface area contributed by atoms with Crippen LogP contribution in [0.4, 0.5) is 4.39 Å². The zero-order valence-corrected chi connectivity index (χ0v) is 11.1. The minimum Gasteiger partial charge on any atom is -0.355 e. The highest BCUT2D eigenvalue weighted by molar-refractivity contribution is 5.76. The molecule has 1 aliphatic rings. The van der Waals surface area contributed by atoms with E-state index in [9.17, 15) is 9.18 Å². The molecule has 1 amide bonds. The van der Waals surface area contributed by atoms with E-state index in [1.807, 2.05) is 0 Å². The van der Waals surface area contributed by atoms with Gasteiger partial charge in [-0.25, -0.2) is 4.39 Å². The molecular weight excluding hydrogens is 243 g/mol. The van der Waals surface area contributed by atoms with Crippen molar-refractivity contribution in [3.63, 3.8) is 0 Å². The number of benzene rings is 1. The van der Waals surface area contributed by atoms with Gasteiger partial charge in [-0.05, 0) is 42.9 Å². The van der Waals surface area contributed by atoms with Gasteiger partial charge in [-0.2, -0.15) is 0 Å². The van der Waals surface area contributed by atoms with Crippen LogP contribution in [0.25, 0.3) is 0 Å². The Morgan fingerprint density at radius 2 is 2.11 bits per heavy atom. The first-order valence-electron chi connectivity index (χ1n) is 6.85. The Morgan fingerprint density at radius 1 is 1.37 bits per heavy atom. The number of amides is 1. The predicted molar refractivity (Wildman–Crippen MR) is 73.1 cm³/mol. The molecule has 19 heavy (non-hydrogen) atoms. The molecule has 0 unspecified atom stereocenters. The van der Waals surface area contributed by atoms with Crippen molar-refractivity contribution < 1.29 is 9.18 Å². The van der Waals surface area contributed by atoms with Gasteiger partial charge in [0.1, 0.15) is 5.82 Å². The van der Waals surface area contributed by atoms with Crippen LogP contribution in [0, 0.1) is 11.2 Å². The first kappa shape index (κ1) is 14.0. The van der Waals surface area contributed by atoms with Crippen LogP contribution >= 0.6 is 0 Å². The Morgan fingerprint density at radius 3 is 2.68 bits per heavy atom. The van der Waals surface area contributed by atoms with Crippen molar-refractivity contribution in [2.45, 2.75) is 32.1 Å². The topological polar surface area (TPSA) is 55.1 Å². The molecule has 3 nitrogen and oxygen atoms in total. The quantitative estimate of drug-likeness (QED) is 0.825. The molecule has 0 saturated heterocycles. The van der Waals surface area contributed by atoms with Crippen LogP contribution in [0.5, 0.6) is 0 Å². The van der Waals surface area contributed by atoms with E-state index in [1.54, 1.807) is 18.2 Å². The van der Waals surface area contributed by atoms with E-state index in [2.05, 4.69) is 5.32 Å². The number of carbonyl (C=O) groups is 1. The molecule has 4 heteroatoms. The molecule has 0 aliphatic heterocycles. The van der Waals surface area contributed by atoms with Gasteiger partial charge in [0.2, 0.25) is 5.91 Å². The minimum absolute atomic E-state index is 0.0250. The van der Waals surface area contributed by atoms with Crippen molar-refractivity contribution in [2.24, 2.45) is 11.1 Å². The fourth-order valence-electron chi connectivity index (χ4n) is 2.45. The monoisotopic (exact) mass is 264 g/mol. The maximum atomic E-state index is 13.4. The standard InChI is InChI=1S/C15H21FN2O/c16-13-5-2-1-4-12(13)6-7-14(19)18-11-15(10-17)8-3-9-15/h1-2,4-5H,3,6-11,17H2,(H,18,19). The molecule has 0 radical (unpaired) electrons. The van der Waals surface area contributed by atoms with Crippen LogP contribution in [-0.2, 0) is 11.2 Å². The Hall–Kier alpha value is -1.42. The van der Waals surface area contributed by atoms with Gasteiger partial charge < -0.3 is 11.1 Å². The highest BCUT2D eigenvalue weighted by Crippen LogP contribution is 2.39. The van der Waals surface area contributed by atoms with Crippen LogP contribution < -0.4 is 11.1 Å². The van der Waals surface area contributed by atoms with E-state index in [4.69, 9.17) is 5.73 Å². The second-order valence-electron chi connectivity index (χ2n) is 5.43. The maximum absolute atomic E-state index is 13.4. The van der Waals surface area contributed by atoms with Gasteiger partial charge in [-0.15, -0.1) is 0 Å². The number of carbonyl (C=O) groups excluding carboxylic acids is 1. The normalized spacial score (nSPS) is 16.7. The van der Waals surface area contributed by atoms with Gasteiger partial charge >= 0.3 is 0 Å². The second-order valence-corrected chi connectivity index (χ2v) is 5.43. The van der Waals surface area contributed by atoms with E-state index in [1.165, 1.54) is 12.5 Å². The van der Waals surface area contributed by atoms with Crippen molar-refractivity contribution in [3.8, 4) is 0 Å². The van der Waals surface area contributed by atoms with E-state index in [0.717, 1.165) is 12.8 Å². The number of hydrogen-bond acceptors (Lipinski definition) is 2. The van der Waals surface area contributed by atoms with Crippen LogP contribution in [0.1, 0.15) is 31.2 Å². The summed E-state index contributed by atoms with van der Waals surface area (Å²) >= 11 is 0. The van der Waals surface area contributed by atoms with Crippen LogP contribution in [-0.4, -0.2) is 19.0 Å². The van der Waals surface area contributed by atoms with Crippen LogP contribution in [0.15, 0.2) is 24.3 Å². The fourth-order valence-corrected chi connectivity index (χ4v) is 2.45. The molecule has 1 aromatic rings. The summed E-state index contributed by atoms with van der Waals surface area (Å²) in [5.41, 5.74) is 6.45.